The predicted octanol–water partition coefficient (Wildman–Crippen LogP) is -1.78. The Bertz CT molecular complexity index is 189. The highest BCUT2D eigenvalue weighted by Gasteiger charge is 2.49. The van der Waals surface area contributed by atoms with Gasteiger partial charge in [-0.3, -0.25) is 0 Å². The average molecular weight is 189 g/mol. The molecule has 2 rings (SSSR count). The van der Waals surface area contributed by atoms with Crippen molar-refractivity contribution >= 4 is 0 Å². The Balaban J connectivity index is 1.98. The third-order valence-electron chi connectivity index (χ3n) is 2.72. The Morgan fingerprint density at radius 1 is 1.38 bits per heavy atom. The molecular weight excluding hydrogens is 174 g/mol. The topological polar surface area (TPSA) is 84.9 Å². The molecule has 0 aromatic rings. The van der Waals surface area contributed by atoms with Crippen LogP contribution >= 0.6 is 0 Å². The van der Waals surface area contributed by atoms with Gasteiger partial charge in [0, 0.05) is 13.0 Å². The number of aliphatic hydroxyl groups excluding tert-OH is 2. The van der Waals surface area contributed by atoms with E-state index in [9.17, 15) is 5.11 Å². The van der Waals surface area contributed by atoms with Crippen LogP contribution in [0.25, 0.3) is 0 Å². The molecule has 0 radical (unpaired) electrons. The number of ether oxygens (including phenoxy) is 2. The molecule has 5 unspecified atom stereocenters. The van der Waals surface area contributed by atoms with E-state index in [0.717, 1.165) is 0 Å². The van der Waals surface area contributed by atoms with Crippen LogP contribution in [0, 0.1) is 0 Å². The first-order chi connectivity index (χ1) is 6.26. The first-order valence-electron chi connectivity index (χ1n) is 4.56. The lowest BCUT2D eigenvalue weighted by Gasteiger charge is -2.16. The van der Waals surface area contributed by atoms with Gasteiger partial charge >= 0.3 is 0 Å². The quantitative estimate of drug-likeness (QED) is 0.478. The highest BCUT2D eigenvalue weighted by Crippen LogP contribution is 2.33. The smallest absolute Gasteiger partial charge is 0.113 e. The summed E-state index contributed by atoms with van der Waals surface area (Å²) in [5.41, 5.74) is 5.44. The monoisotopic (exact) mass is 189 g/mol. The van der Waals surface area contributed by atoms with E-state index in [1.807, 2.05) is 0 Å². The molecule has 4 N–H and O–H groups in total. The van der Waals surface area contributed by atoms with Crippen LogP contribution in [0.5, 0.6) is 0 Å². The van der Waals surface area contributed by atoms with Gasteiger partial charge in [-0.1, -0.05) is 0 Å². The molecule has 0 aromatic carbocycles. The number of fused-ring (bicyclic) bond motifs is 1. The molecule has 2 fully saturated rings. The van der Waals surface area contributed by atoms with Crippen LogP contribution in [0.4, 0.5) is 0 Å². The number of aliphatic hydroxyl groups is 2. The molecule has 5 nitrogen and oxygen atoms in total. The molecule has 13 heavy (non-hydrogen) atoms. The van der Waals surface area contributed by atoms with Crippen LogP contribution < -0.4 is 5.73 Å². The van der Waals surface area contributed by atoms with Crippen LogP contribution in [0.3, 0.4) is 0 Å². The molecule has 5 atom stereocenters. The lowest BCUT2D eigenvalue weighted by Crippen LogP contribution is -2.35. The third-order valence-corrected chi connectivity index (χ3v) is 2.72. The van der Waals surface area contributed by atoms with E-state index >= 15 is 0 Å². The molecule has 5 heteroatoms. The standard InChI is InChI=1S/C8H15NO4/c9-2-4-1-5-8(12-4)7(11)6(3-10)13-5/h4-8,10-11H,1-3,9H2. The number of rotatable bonds is 2. The first-order valence-corrected chi connectivity index (χ1v) is 4.56. The molecule has 0 saturated carbocycles. The Labute approximate surface area is 76.4 Å². The summed E-state index contributed by atoms with van der Waals surface area (Å²) in [6.45, 7) is 0.289. The van der Waals surface area contributed by atoms with Crippen LogP contribution in [-0.2, 0) is 9.47 Å². The van der Waals surface area contributed by atoms with Gasteiger partial charge in [0.2, 0.25) is 0 Å². The second-order valence-electron chi connectivity index (χ2n) is 3.58. The summed E-state index contributed by atoms with van der Waals surface area (Å²) >= 11 is 0. The Morgan fingerprint density at radius 2 is 2.15 bits per heavy atom. The lowest BCUT2D eigenvalue weighted by molar-refractivity contribution is -0.0501. The fraction of sp³-hybridized carbons (Fsp3) is 1.00. The summed E-state index contributed by atoms with van der Waals surface area (Å²) in [4.78, 5) is 0. The van der Waals surface area contributed by atoms with Gasteiger partial charge in [-0.15, -0.1) is 0 Å². The van der Waals surface area contributed by atoms with Gasteiger partial charge in [0.25, 0.3) is 0 Å². The Kier molecular flexibility index (Phi) is 2.53. The largest absolute Gasteiger partial charge is 0.394 e. The minimum Gasteiger partial charge on any atom is -0.394 e. The fourth-order valence-corrected chi connectivity index (χ4v) is 2.01. The summed E-state index contributed by atoms with van der Waals surface area (Å²) in [6.07, 6.45) is -0.898. The molecule has 0 spiro atoms. The Hall–Kier alpha value is -0.200. The average Bonchev–Trinajstić information content (AvgIpc) is 2.65. The zero-order chi connectivity index (χ0) is 9.42. The van der Waals surface area contributed by atoms with Crippen LogP contribution in [0.1, 0.15) is 6.42 Å². The number of hydrogen-bond donors (Lipinski definition) is 3. The summed E-state index contributed by atoms with van der Waals surface area (Å²) in [6, 6.07) is 0. The van der Waals surface area contributed by atoms with Crippen LogP contribution in [0.2, 0.25) is 0 Å². The van der Waals surface area contributed by atoms with Crippen molar-refractivity contribution < 1.29 is 19.7 Å². The number of nitrogens with two attached hydrogens (primary N) is 1. The zero-order valence-electron chi connectivity index (χ0n) is 7.30. The van der Waals surface area contributed by atoms with Crippen LogP contribution in [-0.4, -0.2) is 53.9 Å². The zero-order valence-corrected chi connectivity index (χ0v) is 7.30. The molecule has 0 amide bonds. The maximum Gasteiger partial charge on any atom is 0.113 e. The van der Waals surface area contributed by atoms with Gasteiger partial charge in [0.1, 0.15) is 18.3 Å². The molecule has 76 valence electrons. The van der Waals surface area contributed by atoms with Gasteiger partial charge in [0.05, 0.1) is 18.8 Å². The molecule has 2 saturated heterocycles. The van der Waals surface area contributed by atoms with E-state index in [4.69, 9.17) is 20.3 Å². The highest BCUT2D eigenvalue weighted by molar-refractivity contribution is 4.97. The van der Waals surface area contributed by atoms with Gasteiger partial charge in [-0.2, -0.15) is 0 Å². The second-order valence-corrected chi connectivity index (χ2v) is 3.58. The van der Waals surface area contributed by atoms with Gasteiger partial charge in [0.15, 0.2) is 0 Å². The van der Waals surface area contributed by atoms with Gasteiger partial charge in [-0.05, 0) is 0 Å². The van der Waals surface area contributed by atoms with Crippen molar-refractivity contribution in [2.24, 2.45) is 5.73 Å². The fourth-order valence-electron chi connectivity index (χ4n) is 2.01. The third kappa shape index (κ3) is 1.47. The maximum absolute atomic E-state index is 9.62. The molecule has 0 aromatic heterocycles. The van der Waals surface area contributed by atoms with E-state index in [1.165, 1.54) is 0 Å². The molecule has 2 aliphatic heterocycles. The molecule has 2 heterocycles. The van der Waals surface area contributed by atoms with Crippen molar-refractivity contribution in [2.45, 2.75) is 36.9 Å². The van der Waals surface area contributed by atoms with Crippen molar-refractivity contribution in [3.63, 3.8) is 0 Å². The van der Waals surface area contributed by atoms with Crippen molar-refractivity contribution in [3.8, 4) is 0 Å². The van der Waals surface area contributed by atoms with Gasteiger partial charge < -0.3 is 25.4 Å². The van der Waals surface area contributed by atoms with E-state index in [1.54, 1.807) is 0 Å². The van der Waals surface area contributed by atoms with E-state index < -0.39 is 12.2 Å². The minimum atomic E-state index is -0.716. The summed E-state index contributed by atoms with van der Waals surface area (Å²) in [5, 5.41) is 18.5. The van der Waals surface area contributed by atoms with Crippen molar-refractivity contribution in [3.05, 3.63) is 0 Å². The van der Waals surface area contributed by atoms with E-state index in [0.29, 0.717) is 13.0 Å². The molecule has 0 bridgehead atoms. The Morgan fingerprint density at radius 3 is 2.69 bits per heavy atom. The molecule has 0 aliphatic carbocycles. The maximum atomic E-state index is 9.62. The predicted molar refractivity (Wildman–Crippen MR) is 44.1 cm³/mol. The summed E-state index contributed by atoms with van der Waals surface area (Å²) < 4.78 is 10.9. The second kappa shape index (κ2) is 3.51. The lowest BCUT2D eigenvalue weighted by atomic mass is 10.1. The van der Waals surface area contributed by atoms with Gasteiger partial charge in [-0.25, -0.2) is 0 Å². The van der Waals surface area contributed by atoms with Crippen molar-refractivity contribution in [2.75, 3.05) is 13.2 Å². The van der Waals surface area contributed by atoms with Crippen molar-refractivity contribution in [1.29, 1.82) is 0 Å². The summed E-state index contributed by atoms with van der Waals surface area (Å²) in [5.74, 6) is 0. The number of hydrogen-bond acceptors (Lipinski definition) is 5. The molecule has 2 aliphatic rings. The SMILES string of the molecule is NCC1CC2OC(CO)C(O)C2O1. The van der Waals surface area contributed by atoms with E-state index in [-0.39, 0.29) is 24.9 Å². The molecular formula is C8H15NO4. The minimum absolute atomic E-state index is 0.00991. The normalized spacial score (nSPS) is 49.6. The van der Waals surface area contributed by atoms with Crippen molar-refractivity contribution in [1.82, 2.24) is 0 Å². The van der Waals surface area contributed by atoms with Crippen LogP contribution in [0.15, 0.2) is 0 Å². The van der Waals surface area contributed by atoms with E-state index in [2.05, 4.69) is 0 Å². The first kappa shape index (κ1) is 9.36. The summed E-state index contributed by atoms with van der Waals surface area (Å²) in [7, 11) is 0. The highest BCUT2D eigenvalue weighted by atomic mass is 16.6.